The first-order valence-corrected chi connectivity index (χ1v) is 5.59. The Hall–Kier alpha value is -2.68. The molecule has 0 saturated heterocycles. The van der Waals surface area contributed by atoms with Crippen LogP contribution in [-0.4, -0.2) is 26.0 Å². The molecule has 1 aromatic carbocycles. The third-order valence-electron chi connectivity index (χ3n) is 2.17. The molecule has 0 fully saturated rings. The number of hydrogen-bond acceptors (Lipinski definition) is 7. The summed E-state index contributed by atoms with van der Waals surface area (Å²) in [6, 6.07) is 3.96. The molecule has 2 aromatic rings. The molecule has 2 rings (SSSR count). The molecule has 0 aliphatic rings. The van der Waals surface area contributed by atoms with Crippen molar-refractivity contribution in [3.63, 3.8) is 0 Å². The molecule has 0 atom stereocenters. The molecule has 6 N–H and O–H groups in total. The van der Waals surface area contributed by atoms with Crippen molar-refractivity contribution in [1.29, 1.82) is 0 Å². The lowest BCUT2D eigenvalue weighted by molar-refractivity contribution is 0.318. The highest BCUT2D eigenvalue weighted by molar-refractivity contribution is 6.31. The molecule has 0 aliphatic carbocycles. The fraction of sp³-hybridized carbons (Fsp3) is 0. The van der Waals surface area contributed by atoms with Gasteiger partial charge in [-0.25, -0.2) is 4.39 Å². The van der Waals surface area contributed by atoms with Crippen LogP contribution in [0.5, 0.6) is 0 Å². The van der Waals surface area contributed by atoms with Gasteiger partial charge in [0.2, 0.25) is 23.6 Å². The van der Waals surface area contributed by atoms with E-state index in [4.69, 9.17) is 28.3 Å². The fourth-order valence-electron chi connectivity index (χ4n) is 1.31. The smallest absolute Gasteiger partial charge is 0.232 e. The van der Waals surface area contributed by atoms with E-state index in [1.807, 2.05) is 0 Å². The zero-order valence-electron chi connectivity index (χ0n) is 9.88. The summed E-state index contributed by atoms with van der Waals surface area (Å²) in [6.07, 6.45) is 0. The van der Waals surface area contributed by atoms with Crippen molar-refractivity contribution in [1.82, 2.24) is 15.0 Å². The highest BCUT2D eigenvalue weighted by Crippen LogP contribution is 2.21. The number of benzene rings is 1. The van der Waals surface area contributed by atoms with Gasteiger partial charge in [-0.1, -0.05) is 16.8 Å². The standard InChI is InChI=1S/C10H9ClFN7O/c11-5-3-4(1-2-6(5)12)15-10-17-8(7(13)19-20)16-9(14)18-10/h1-3,20H,(H2,13,19)(H3,14,15,16,17,18). The van der Waals surface area contributed by atoms with Gasteiger partial charge < -0.3 is 22.0 Å². The Morgan fingerprint density at radius 2 is 2.10 bits per heavy atom. The minimum absolute atomic E-state index is 0.0433. The quantitative estimate of drug-likeness (QED) is 0.288. The number of hydrogen-bond donors (Lipinski definition) is 4. The SMILES string of the molecule is N/C(=N\O)c1nc(N)nc(Nc2ccc(F)c(Cl)c2)n1. The first-order valence-electron chi connectivity index (χ1n) is 5.21. The molecule has 0 radical (unpaired) electrons. The number of oxime groups is 1. The van der Waals surface area contributed by atoms with Crippen molar-refractivity contribution in [2.24, 2.45) is 10.9 Å². The second-order valence-electron chi connectivity index (χ2n) is 3.58. The summed E-state index contributed by atoms with van der Waals surface area (Å²) in [4.78, 5) is 11.4. The Balaban J connectivity index is 2.33. The van der Waals surface area contributed by atoms with Crippen LogP contribution in [0.2, 0.25) is 5.02 Å². The van der Waals surface area contributed by atoms with E-state index in [1.165, 1.54) is 18.2 Å². The largest absolute Gasteiger partial charge is 0.409 e. The lowest BCUT2D eigenvalue weighted by Gasteiger charge is -2.07. The number of nitrogens with zero attached hydrogens (tertiary/aromatic N) is 4. The molecule has 0 amide bonds. The Kier molecular flexibility index (Phi) is 3.80. The molecule has 1 heterocycles. The molecule has 0 unspecified atom stereocenters. The Morgan fingerprint density at radius 1 is 1.35 bits per heavy atom. The summed E-state index contributed by atoms with van der Waals surface area (Å²) < 4.78 is 13.0. The van der Waals surface area contributed by atoms with E-state index in [1.54, 1.807) is 0 Å². The summed E-state index contributed by atoms with van der Waals surface area (Å²) in [5.41, 5.74) is 11.3. The molecular formula is C10H9ClFN7O. The van der Waals surface area contributed by atoms with Crippen molar-refractivity contribution in [2.45, 2.75) is 0 Å². The number of halogens is 2. The van der Waals surface area contributed by atoms with Crippen molar-refractivity contribution in [2.75, 3.05) is 11.1 Å². The Bertz CT molecular complexity index is 679. The van der Waals surface area contributed by atoms with E-state index < -0.39 is 5.82 Å². The van der Waals surface area contributed by atoms with Gasteiger partial charge in [-0.3, -0.25) is 0 Å². The van der Waals surface area contributed by atoms with Crippen molar-refractivity contribution in [3.05, 3.63) is 34.9 Å². The van der Waals surface area contributed by atoms with Crippen LogP contribution in [0.25, 0.3) is 0 Å². The second-order valence-corrected chi connectivity index (χ2v) is 3.99. The Labute approximate surface area is 117 Å². The van der Waals surface area contributed by atoms with Crippen molar-refractivity contribution < 1.29 is 9.60 Å². The molecule has 0 bridgehead atoms. The topological polar surface area (TPSA) is 135 Å². The lowest BCUT2D eigenvalue weighted by Crippen LogP contribution is -2.19. The maximum atomic E-state index is 13.0. The van der Waals surface area contributed by atoms with Gasteiger partial charge in [0.25, 0.3) is 0 Å². The van der Waals surface area contributed by atoms with Crippen LogP contribution in [0, 0.1) is 5.82 Å². The molecule has 0 spiro atoms. The molecule has 104 valence electrons. The van der Waals surface area contributed by atoms with E-state index in [2.05, 4.69) is 25.4 Å². The molecule has 10 heteroatoms. The minimum atomic E-state index is -0.551. The van der Waals surface area contributed by atoms with Gasteiger partial charge in [0, 0.05) is 5.69 Å². The maximum absolute atomic E-state index is 13.0. The molecule has 0 aliphatic heterocycles. The minimum Gasteiger partial charge on any atom is -0.409 e. The summed E-state index contributed by atoms with van der Waals surface area (Å²) in [6.45, 7) is 0. The summed E-state index contributed by atoms with van der Waals surface area (Å²) in [7, 11) is 0. The lowest BCUT2D eigenvalue weighted by atomic mass is 10.3. The Morgan fingerprint density at radius 3 is 2.75 bits per heavy atom. The van der Waals surface area contributed by atoms with Crippen LogP contribution in [-0.2, 0) is 0 Å². The predicted molar refractivity (Wildman–Crippen MR) is 71.4 cm³/mol. The van der Waals surface area contributed by atoms with Gasteiger partial charge in [0.1, 0.15) is 5.82 Å². The number of nitrogens with one attached hydrogen (secondary N) is 1. The zero-order valence-corrected chi connectivity index (χ0v) is 10.6. The van der Waals surface area contributed by atoms with E-state index in [0.29, 0.717) is 5.69 Å². The van der Waals surface area contributed by atoms with Crippen LogP contribution >= 0.6 is 11.6 Å². The normalized spacial score (nSPS) is 11.4. The van der Waals surface area contributed by atoms with E-state index in [0.717, 1.165) is 0 Å². The summed E-state index contributed by atoms with van der Waals surface area (Å²) in [5, 5.41) is 14.0. The molecule has 8 nitrogen and oxygen atoms in total. The van der Waals surface area contributed by atoms with Gasteiger partial charge in [-0.05, 0) is 18.2 Å². The fourth-order valence-corrected chi connectivity index (χ4v) is 1.49. The van der Waals surface area contributed by atoms with Gasteiger partial charge in [0.15, 0.2) is 0 Å². The first-order chi connectivity index (χ1) is 9.49. The third kappa shape index (κ3) is 3.01. The third-order valence-corrected chi connectivity index (χ3v) is 2.45. The monoisotopic (exact) mass is 297 g/mol. The molecule has 20 heavy (non-hydrogen) atoms. The molecule has 0 saturated carbocycles. The van der Waals surface area contributed by atoms with Gasteiger partial charge in [-0.2, -0.15) is 15.0 Å². The number of nitrogen functional groups attached to an aromatic ring is 1. The number of rotatable bonds is 3. The average molecular weight is 298 g/mol. The van der Waals surface area contributed by atoms with Gasteiger partial charge in [-0.15, -0.1) is 0 Å². The molecule has 1 aromatic heterocycles. The summed E-state index contributed by atoms with van der Waals surface area (Å²) >= 11 is 5.65. The number of amidine groups is 1. The van der Waals surface area contributed by atoms with Crippen LogP contribution in [0.4, 0.5) is 22.0 Å². The summed E-state index contributed by atoms with van der Waals surface area (Å²) in [5.74, 6) is -1.06. The maximum Gasteiger partial charge on any atom is 0.232 e. The predicted octanol–water partition coefficient (Wildman–Crippen LogP) is 1.08. The van der Waals surface area contributed by atoms with Crippen LogP contribution in [0.3, 0.4) is 0 Å². The number of anilines is 3. The number of nitrogens with two attached hydrogens (primary N) is 2. The van der Waals surface area contributed by atoms with E-state index in [9.17, 15) is 4.39 Å². The van der Waals surface area contributed by atoms with Gasteiger partial charge in [0.05, 0.1) is 5.02 Å². The van der Waals surface area contributed by atoms with E-state index >= 15 is 0 Å². The second kappa shape index (κ2) is 5.53. The number of aromatic nitrogens is 3. The van der Waals surface area contributed by atoms with Crippen molar-refractivity contribution >= 4 is 35.0 Å². The van der Waals surface area contributed by atoms with E-state index in [-0.39, 0.29) is 28.6 Å². The van der Waals surface area contributed by atoms with Gasteiger partial charge >= 0.3 is 0 Å². The highest BCUT2D eigenvalue weighted by Gasteiger charge is 2.09. The van der Waals surface area contributed by atoms with Crippen LogP contribution in [0.15, 0.2) is 23.4 Å². The van der Waals surface area contributed by atoms with Crippen LogP contribution < -0.4 is 16.8 Å². The van der Waals surface area contributed by atoms with Crippen LogP contribution in [0.1, 0.15) is 5.82 Å². The highest BCUT2D eigenvalue weighted by atomic mass is 35.5. The molecular weight excluding hydrogens is 289 g/mol. The zero-order chi connectivity index (χ0) is 14.7. The first kappa shape index (κ1) is 13.7. The van der Waals surface area contributed by atoms with Crippen molar-refractivity contribution in [3.8, 4) is 0 Å². The average Bonchev–Trinajstić information content (AvgIpc) is 2.41.